The Morgan fingerprint density at radius 1 is 1.36 bits per heavy atom. The molecule has 1 aromatic carbocycles. The van der Waals surface area contributed by atoms with E-state index in [0.717, 1.165) is 12.0 Å². The number of hydrogen-bond donors (Lipinski definition) is 2. The van der Waals surface area contributed by atoms with Gasteiger partial charge >= 0.3 is 0 Å². The van der Waals surface area contributed by atoms with E-state index in [1.54, 1.807) is 21.1 Å². The highest BCUT2D eigenvalue weighted by atomic mass is 32.1. The molecule has 8 heteroatoms. The summed E-state index contributed by atoms with van der Waals surface area (Å²) in [7, 11) is 3.32. The highest BCUT2D eigenvalue weighted by Crippen LogP contribution is 2.24. The van der Waals surface area contributed by atoms with Gasteiger partial charge in [0, 0.05) is 32.9 Å². The van der Waals surface area contributed by atoms with Crippen LogP contribution in [0.25, 0.3) is 11.3 Å². The lowest BCUT2D eigenvalue weighted by atomic mass is 10.1. The fourth-order valence-corrected chi connectivity index (χ4v) is 2.37. The molecule has 0 bridgehead atoms. The third-order valence-corrected chi connectivity index (χ3v) is 3.93. The summed E-state index contributed by atoms with van der Waals surface area (Å²) in [5.74, 6) is 0.116. The number of thiocarbonyl (C=S) groups is 1. The molecule has 0 saturated heterocycles. The van der Waals surface area contributed by atoms with Crippen molar-refractivity contribution >= 4 is 23.2 Å². The van der Waals surface area contributed by atoms with Crippen LogP contribution in [-0.2, 0) is 4.74 Å². The molecule has 2 aromatic rings. The van der Waals surface area contributed by atoms with Crippen molar-refractivity contribution < 1.29 is 14.1 Å². The minimum Gasteiger partial charge on any atom is -0.385 e. The van der Waals surface area contributed by atoms with Crippen LogP contribution >= 0.6 is 12.2 Å². The maximum absolute atomic E-state index is 12.7. The number of nitrogens with one attached hydrogen (secondary N) is 2. The summed E-state index contributed by atoms with van der Waals surface area (Å²) in [5, 5.41) is 8.95. The number of aryl methyl sites for hydroxylation is 1. The fraction of sp³-hybridized carbons (Fsp3) is 0.353. The normalized spacial score (nSPS) is 10.4. The number of amides is 1. The van der Waals surface area contributed by atoms with E-state index in [0.29, 0.717) is 35.3 Å². The van der Waals surface area contributed by atoms with Crippen molar-refractivity contribution in [3.05, 3.63) is 41.7 Å². The van der Waals surface area contributed by atoms with Gasteiger partial charge in [0.15, 0.2) is 5.11 Å². The highest BCUT2D eigenvalue weighted by molar-refractivity contribution is 7.80. The van der Waals surface area contributed by atoms with Crippen LogP contribution in [0.4, 0.5) is 0 Å². The number of methoxy groups -OCH3 is 1. The minimum atomic E-state index is -0.332. The van der Waals surface area contributed by atoms with Gasteiger partial charge in [-0.2, -0.15) is 0 Å². The molecule has 0 atom stereocenters. The van der Waals surface area contributed by atoms with Crippen LogP contribution in [0, 0.1) is 6.92 Å². The number of rotatable bonds is 6. The molecule has 0 saturated carbocycles. The number of ether oxygens (including phenoxy) is 1. The average Bonchev–Trinajstić information content (AvgIpc) is 3.01. The Labute approximate surface area is 152 Å². The van der Waals surface area contributed by atoms with E-state index >= 15 is 0 Å². The number of carbonyl (C=O) groups excluding carboxylic acids is 1. The molecule has 7 nitrogen and oxygen atoms in total. The van der Waals surface area contributed by atoms with E-state index < -0.39 is 0 Å². The standard InChI is InChI=1S/C17H22N4O3S/c1-12-14(15(20-24-12)13-8-5-4-6-9-13)16(22)19-21(2)17(25)18-10-7-11-23-3/h4-6,8-9H,7,10-11H2,1-3H3,(H,18,25)(H,19,22). The Morgan fingerprint density at radius 2 is 2.08 bits per heavy atom. The summed E-state index contributed by atoms with van der Waals surface area (Å²) >= 11 is 5.25. The molecule has 0 aliphatic heterocycles. The second-order valence-electron chi connectivity index (χ2n) is 5.41. The Morgan fingerprint density at radius 3 is 2.76 bits per heavy atom. The Hall–Kier alpha value is -2.45. The molecular formula is C17H22N4O3S. The second kappa shape index (κ2) is 9.14. The minimum absolute atomic E-state index is 0.332. The van der Waals surface area contributed by atoms with Crippen LogP contribution in [-0.4, -0.2) is 48.5 Å². The zero-order valence-corrected chi connectivity index (χ0v) is 15.4. The van der Waals surface area contributed by atoms with Gasteiger partial charge in [-0.1, -0.05) is 35.5 Å². The molecule has 1 amide bonds. The molecule has 0 radical (unpaired) electrons. The quantitative estimate of drug-likeness (QED) is 0.463. The van der Waals surface area contributed by atoms with Gasteiger partial charge in [0.2, 0.25) is 0 Å². The van der Waals surface area contributed by atoms with Crippen LogP contribution in [0.15, 0.2) is 34.9 Å². The van der Waals surface area contributed by atoms with E-state index in [9.17, 15) is 4.79 Å². The third-order valence-electron chi connectivity index (χ3n) is 3.51. The lowest BCUT2D eigenvalue weighted by Gasteiger charge is -2.21. The summed E-state index contributed by atoms with van der Waals surface area (Å²) in [6, 6.07) is 9.41. The van der Waals surface area contributed by atoms with Crippen molar-refractivity contribution in [1.82, 2.24) is 20.9 Å². The van der Waals surface area contributed by atoms with Crippen molar-refractivity contribution in [2.75, 3.05) is 27.3 Å². The van der Waals surface area contributed by atoms with Crippen LogP contribution in [0.5, 0.6) is 0 Å². The molecule has 1 heterocycles. The molecule has 0 aliphatic carbocycles. The zero-order chi connectivity index (χ0) is 18.2. The molecule has 134 valence electrons. The number of hydrazine groups is 1. The Balaban J connectivity index is 2.04. The largest absolute Gasteiger partial charge is 0.385 e. The Kier molecular flexibility index (Phi) is 6.91. The summed E-state index contributed by atoms with van der Waals surface area (Å²) in [5.41, 5.74) is 4.44. The van der Waals surface area contributed by atoms with Crippen molar-refractivity contribution in [1.29, 1.82) is 0 Å². The molecule has 1 aromatic heterocycles. The molecule has 0 unspecified atom stereocenters. The summed E-state index contributed by atoms with van der Waals surface area (Å²) in [6.45, 7) is 3.01. The summed E-state index contributed by atoms with van der Waals surface area (Å²) in [4.78, 5) is 12.7. The lowest BCUT2D eigenvalue weighted by molar-refractivity contribution is 0.0885. The first kappa shape index (κ1) is 18.9. The number of aromatic nitrogens is 1. The highest BCUT2D eigenvalue weighted by Gasteiger charge is 2.22. The molecule has 0 fully saturated rings. The van der Waals surface area contributed by atoms with Crippen molar-refractivity contribution in [3.63, 3.8) is 0 Å². The van der Waals surface area contributed by atoms with E-state index in [1.807, 2.05) is 30.3 Å². The smallest absolute Gasteiger partial charge is 0.275 e. The van der Waals surface area contributed by atoms with E-state index in [1.165, 1.54) is 5.01 Å². The van der Waals surface area contributed by atoms with Crippen molar-refractivity contribution in [2.24, 2.45) is 0 Å². The molecule has 0 aliphatic rings. The lowest BCUT2D eigenvalue weighted by Crippen LogP contribution is -2.48. The SMILES string of the molecule is COCCCNC(=S)N(C)NC(=O)c1c(-c2ccccc2)noc1C. The van der Waals surface area contributed by atoms with Crippen molar-refractivity contribution in [3.8, 4) is 11.3 Å². The van der Waals surface area contributed by atoms with Gasteiger partial charge in [-0.05, 0) is 25.6 Å². The maximum Gasteiger partial charge on any atom is 0.275 e. The van der Waals surface area contributed by atoms with Gasteiger partial charge in [-0.15, -0.1) is 0 Å². The van der Waals surface area contributed by atoms with E-state index in [-0.39, 0.29) is 5.91 Å². The predicted molar refractivity (Wildman–Crippen MR) is 99.0 cm³/mol. The topological polar surface area (TPSA) is 79.6 Å². The van der Waals surface area contributed by atoms with E-state index in [4.69, 9.17) is 21.5 Å². The molecule has 0 spiro atoms. The number of hydrogen-bond acceptors (Lipinski definition) is 5. The zero-order valence-electron chi connectivity index (χ0n) is 14.5. The van der Waals surface area contributed by atoms with Crippen LogP contribution in [0.2, 0.25) is 0 Å². The molecule has 2 rings (SSSR count). The maximum atomic E-state index is 12.7. The molecule has 25 heavy (non-hydrogen) atoms. The average molecular weight is 362 g/mol. The van der Waals surface area contributed by atoms with Crippen molar-refractivity contribution in [2.45, 2.75) is 13.3 Å². The first-order valence-corrected chi connectivity index (χ1v) is 8.28. The van der Waals surface area contributed by atoms with Gasteiger partial charge in [-0.3, -0.25) is 15.2 Å². The monoisotopic (exact) mass is 362 g/mol. The van der Waals surface area contributed by atoms with Crippen LogP contribution < -0.4 is 10.7 Å². The van der Waals surface area contributed by atoms with Gasteiger partial charge in [0.25, 0.3) is 5.91 Å². The number of benzene rings is 1. The summed E-state index contributed by atoms with van der Waals surface area (Å²) < 4.78 is 10.2. The first-order valence-electron chi connectivity index (χ1n) is 7.87. The second-order valence-corrected chi connectivity index (χ2v) is 5.79. The predicted octanol–water partition coefficient (Wildman–Crippen LogP) is 2.14. The van der Waals surface area contributed by atoms with Crippen LogP contribution in [0.3, 0.4) is 0 Å². The van der Waals surface area contributed by atoms with E-state index in [2.05, 4.69) is 15.9 Å². The first-order chi connectivity index (χ1) is 12.0. The fourth-order valence-electron chi connectivity index (χ4n) is 2.22. The van der Waals surface area contributed by atoms with Crippen LogP contribution in [0.1, 0.15) is 22.5 Å². The Bertz CT molecular complexity index is 718. The van der Waals surface area contributed by atoms with Gasteiger partial charge in [0.05, 0.1) is 0 Å². The number of nitrogens with zero attached hydrogens (tertiary/aromatic N) is 2. The molecular weight excluding hydrogens is 340 g/mol. The van der Waals surface area contributed by atoms with Gasteiger partial charge in [-0.25, -0.2) is 0 Å². The number of carbonyl (C=O) groups is 1. The van der Waals surface area contributed by atoms with Gasteiger partial charge < -0.3 is 14.6 Å². The third kappa shape index (κ3) is 5.01. The van der Waals surface area contributed by atoms with Gasteiger partial charge in [0.1, 0.15) is 17.0 Å². The molecule has 2 N–H and O–H groups in total. The summed E-state index contributed by atoms with van der Waals surface area (Å²) in [6.07, 6.45) is 0.821.